The van der Waals surface area contributed by atoms with Crippen LogP contribution in [-0.2, 0) is 4.74 Å². The predicted octanol–water partition coefficient (Wildman–Crippen LogP) is 5.45. The van der Waals surface area contributed by atoms with Crippen molar-refractivity contribution in [2.75, 3.05) is 19.1 Å². The molecule has 0 aliphatic heterocycles. The number of pyridine rings is 1. The molecule has 1 aromatic heterocycles. The van der Waals surface area contributed by atoms with E-state index in [1.165, 1.54) is 0 Å². The molecule has 0 bridgehead atoms. The lowest BCUT2D eigenvalue weighted by atomic mass is 10.2. The van der Waals surface area contributed by atoms with Crippen molar-refractivity contribution in [3.05, 3.63) is 57.9 Å². The maximum Gasteiger partial charge on any atom is 0.213 e. The highest BCUT2D eigenvalue weighted by Gasteiger charge is 2.05. The quantitative estimate of drug-likeness (QED) is 0.236. The van der Waals surface area contributed by atoms with Crippen LogP contribution in [0.25, 0.3) is 0 Å². The molecule has 0 saturated heterocycles. The first-order valence-corrected chi connectivity index (χ1v) is 8.40. The van der Waals surface area contributed by atoms with E-state index in [1.807, 2.05) is 13.0 Å². The van der Waals surface area contributed by atoms with Crippen molar-refractivity contribution >= 4 is 39.1 Å². The first-order chi connectivity index (χ1) is 10.6. The molecule has 0 atom stereocenters. The molecule has 0 amide bonds. The molecule has 0 saturated carbocycles. The molecular weight excluding hydrogens is 389 g/mol. The topological polar surface area (TPSA) is 31.4 Å². The number of nitrogens with zero attached hydrogens (tertiary/aromatic N) is 1. The lowest BCUT2D eigenvalue weighted by Gasteiger charge is -2.11. The van der Waals surface area contributed by atoms with Gasteiger partial charge in [-0.25, -0.2) is 4.98 Å². The number of aromatic nitrogens is 1. The second kappa shape index (κ2) is 10.7. The van der Waals surface area contributed by atoms with Crippen LogP contribution in [0.2, 0.25) is 0 Å². The van der Waals surface area contributed by atoms with Crippen LogP contribution in [0.15, 0.2) is 57.9 Å². The SMILES string of the molecule is C=CC(C)=CC(Cl)=C(CCCl)OCCOc1ccc(Br)cn1. The molecule has 0 aromatic carbocycles. The monoisotopic (exact) mass is 405 g/mol. The second-order valence-corrected chi connectivity index (χ2v) is 6.01. The Morgan fingerprint density at radius 2 is 2.18 bits per heavy atom. The van der Waals surface area contributed by atoms with Gasteiger partial charge in [-0.2, -0.15) is 0 Å². The van der Waals surface area contributed by atoms with Crippen molar-refractivity contribution in [2.24, 2.45) is 0 Å². The summed E-state index contributed by atoms with van der Waals surface area (Å²) in [6, 6.07) is 3.64. The smallest absolute Gasteiger partial charge is 0.213 e. The van der Waals surface area contributed by atoms with Crippen LogP contribution in [0.5, 0.6) is 5.88 Å². The van der Waals surface area contributed by atoms with Crippen molar-refractivity contribution in [1.29, 1.82) is 0 Å². The van der Waals surface area contributed by atoms with E-state index in [-0.39, 0.29) is 0 Å². The van der Waals surface area contributed by atoms with Gasteiger partial charge >= 0.3 is 0 Å². The highest BCUT2D eigenvalue weighted by molar-refractivity contribution is 9.10. The number of alkyl halides is 1. The average Bonchev–Trinajstić information content (AvgIpc) is 2.51. The number of hydrogen-bond acceptors (Lipinski definition) is 3. The Labute approximate surface area is 149 Å². The highest BCUT2D eigenvalue weighted by Crippen LogP contribution is 2.19. The first-order valence-electron chi connectivity index (χ1n) is 6.69. The van der Waals surface area contributed by atoms with Crippen LogP contribution in [0.4, 0.5) is 0 Å². The van der Waals surface area contributed by atoms with E-state index in [2.05, 4.69) is 27.5 Å². The Balaban J connectivity index is 2.52. The molecule has 1 aromatic rings. The third-order valence-corrected chi connectivity index (χ3v) is 3.55. The fraction of sp³-hybridized carbons (Fsp3) is 0.312. The number of rotatable bonds is 9. The second-order valence-electron chi connectivity index (χ2n) is 4.31. The number of hydrogen-bond donors (Lipinski definition) is 0. The van der Waals surface area contributed by atoms with E-state index >= 15 is 0 Å². The summed E-state index contributed by atoms with van der Waals surface area (Å²) in [6.45, 7) is 6.33. The maximum atomic E-state index is 6.23. The average molecular weight is 407 g/mol. The molecule has 0 fully saturated rings. The molecule has 1 rings (SSSR count). The minimum absolute atomic E-state index is 0.362. The van der Waals surface area contributed by atoms with Gasteiger partial charge in [0, 0.05) is 29.0 Å². The minimum atomic E-state index is 0.362. The Morgan fingerprint density at radius 1 is 1.41 bits per heavy atom. The molecule has 0 N–H and O–H groups in total. The highest BCUT2D eigenvalue weighted by atomic mass is 79.9. The van der Waals surface area contributed by atoms with Crippen LogP contribution < -0.4 is 4.74 Å². The van der Waals surface area contributed by atoms with Crippen molar-refractivity contribution in [3.63, 3.8) is 0 Å². The van der Waals surface area contributed by atoms with Crippen molar-refractivity contribution in [2.45, 2.75) is 13.3 Å². The van der Waals surface area contributed by atoms with Gasteiger partial charge in [-0.15, -0.1) is 11.6 Å². The fourth-order valence-corrected chi connectivity index (χ4v) is 2.17. The van der Waals surface area contributed by atoms with Crippen molar-refractivity contribution in [1.82, 2.24) is 4.98 Å². The van der Waals surface area contributed by atoms with Gasteiger partial charge in [0.1, 0.15) is 19.0 Å². The van der Waals surface area contributed by atoms with Gasteiger partial charge in [0.05, 0.1) is 5.03 Å². The third-order valence-electron chi connectivity index (χ3n) is 2.57. The molecule has 3 nitrogen and oxygen atoms in total. The summed E-state index contributed by atoms with van der Waals surface area (Å²) in [5, 5.41) is 0.528. The van der Waals surface area contributed by atoms with Crippen LogP contribution in [0, 0.1) is 0 Å². The summed E-state index contributed by atoms with van der Waals surface area (Å²) >= 11 is 15.3. The van der Waals surface area contributed by atoms with Gasteiger partial charge in [-0.05, 0) is 35.0 Å². The number of ether oxygens (including phenoxy) is 2. The van der Waals surface area contributed by atoms with Gasteiger partial charge in [-0.1, -0.05) is 29.8 Å². The zero-order chi connectivity index (χ0) is 16.4. The Hall–Kier alpha value is -0.970. The summed E-state index contributed by atoms with van der Waals surface area (Å²) in [4.78, 5) is 4.11. The standard InChI is InChI=1S/C16H18BrCl2NO2/c1-3-12(2)10-14(19)15(6-7-18)21-8-9-22-16-5-4-13(17)11-20-16/h3-5,10-11H,1,6-9H2,2H3. The minimum Gasteiger partial charge on any atom is -0.493 e. The lowest BCUT2D eigenvalue weighted by Crippen LogP contribution is -2.08. The van der Waals surface area contributed by atoms with Crippen molar-refractivity contribution in [3.8, 4) is 5.88 Å². The molecule has 120 valence electrons. The Bertz CT molecular complexity index is 542. The van der Waals surface area contributed by atoms with Gasteiger partial charge in [-0.3, -0.25) is 0 Å². The van der Waals surface area contributed by atoms with Crippen LogP contribution >= 0.6 is 39.1 Å². The first kappa shape index (κ1) is 19.1. The van der Waals surface area contributed by atoms with Gasteiger partial charge < -0.3 is 9.47 Å². The van der Waals surface area contributed by atoms with E-state index in [1.54, 1.807) is 24.4 Å². The molecule has 0 aliphatic rings. The van der Waals surface area contributed by atoms with E-state index in [4.69, 9.17) is 32.7 Å². The molecule has 0 spiro atoms. The lowest BCUT2D eigenvalue weighted by molar-refractivity contribution is 0.148. The van der Waals surface area contributed by atoms with E-state index < -0.39 is 0 Å². The summed E-state index contributed by atoms with van der Waals surface area (Å²) in [6.07, 6.45) is 5.75. The summed E-state index contributed by atoms with van der Waals surface area (Å²) in [7, 11) is 0. The van der Waals surface area contributed by atoms with Crippen LogP contribution in [-0.4, -0.2) is 24.1 Å². The van der Waals surface area contributed by atoms with Gasteiger partial charge in [0.2, 0.25) is 5.88 Å². The van der Waals surface area contributed by atoms with Gasteiger partial charge in [0.15, 0.2) is 0 Å². The van der Waals surface area contributed by atoms with E-state index in [0.717, 1.165) is 10.0 Å². The zero-order valence-corrected chi connectivity index (χ0v) is 15.4. The van der Waals surface area contributed by atoms with Crippen LogP contribution in [0.3, 0.4) is 0 Å². The van der Waals surface area contributed by atoms with Crippen LogP contribution in [0.1, 0.15) is 13.3 Å². The van der Waals surface area contributed by atoms with Gasteiger partial charge in [0.25, 0.3) is 0 Å². The molecule has 1 heterocycles. The van der Waals surface area contributed by atoms with E-state index in [9.17, 15) is 0 Å². The predicted molar refractivity (Wildman–Crippen MR) is 95.6 cm³/mol. The molecule has 22 heavy (non-hydrogen) atoms. The Kier molecular flexibility index (Phi) is 9.28. The zero-order valence-electron chi connectivity index (χ0n) is 12.3. The normalized spacial score (nSPS) is 12.6. The maximum absolute atomic E-state index is 6.23. The summed E-state index contributed by atoms with van der Waals surface area (Å²) in [5.41, 5.74) is 0.955. The fourth-order valence-electron chi connectivity index (χ4n) is 1.44. The molecule has 0 unspecified atom stereocenters. The number of halogens is 3. The summed E-state index contributed by atoms with van der Waals surface area (Å²) in [5.74, 6) is 1.62. The Morgan fingerprint density at radius 3 is 2.77 bits per heavy atom. The van der Waals surface area contributed by atoms with Crippen molar-refractivity contribution < 1.29 is 9.47 Å². The largest absolute Gasteiger partial charge is 0.493 e. The van der Waals surface area contributed by atoms with E-state index in [0.29, 0.717) is 42.2 Å². The molecule has 0 radical (unpaired) electrons. The molecule has 0 aliphatic carbocycles. The number of allylic oxidation sites excluding steroid dienone is 5. The molecule has 6 heteroatoms. The third kappa shape index (κ3) is 7.34. The summed E-state index contributed by atoms with van der Waals surface area (Å²) < 4.78 is 12.0. The molecular formula is C16H18BrCl2NO2.